The molecule has 0 amide bonds. The van der Waals surface area contributed by atoms with Gasteiger partial charge in [-0.2, -0.15) is 5.26 Å². The second-order valence-corrected chi connectivity index (χ2v) is 4.76. The number of carbonyl (C=O) groups excluding carboxylic acids is 1. The standard InChI is InChI=1S/C14H14N2O2S2/c1-18-14(17)11(9-15)13(20-3)16-12(19-2)10-7-5-4-6-8-10/h4-8H,1-3H3/b13-11-,16-12+/i2T3. The van der Waals surface area contributed by atoms with E-state index in [9.17, 15) is 4.79 Å². The van der Waals surface area contributed by atoms with Crippen molar-refractivity contribution >= 4 is 34.5 Å². The van der Waals surface area contributed by atoms with E-state index in [1.54, 1.807) is 42.7 Å². The highest BCUT2D eigenvalue weighted by molar-refractivity contribution is 8.14. The maximum Gasteiger partial charge on any atom is 0.351 e. The van der Waals surface area contributed by atoms with Crippen molar-refractivity contribution in [1.82, 2.24) is 0 Å². The van der Waals surface area contributed by atoms with E-state index in [-0.39, 0.29) is 15.6 Å². The van der Waals surface area contributed by atoms with E-state index in [2.05, 4.69) is 9.73 Å². The molecule has 1 rings (SSSR count). The molecular weight excluding hydrogens is 292 g/mol. The summed E-state index contributed by atoms with van der Waals surface area (Å²) in [5.41, 5.74) is 0.321. The summed E-state index contributed by atoms with van der Waals surface area (Å²) in [5.74, 6) is -0.813. The summed E-state index contributed by atoms with van der Waals surface area (Å²) >= 11 is 1.65. The van der Waals surface area contributed by atoms with Gasteiger partial charge in [0.05, 0.1) is 7.11 Å². The summed E-state index contributed by atoms with van der Waals surface area (Å²) in [4.78, 5) is 15.9. The first-order valence-electron chi connectivity index (χ1n) is 6.92. The van der Waals surface area contributed by atoms with Crippen LogP contribution < -0.4 is 0 Å². The molecule has 0 radical (unpaired) electrons. The quantitative estimate of drug-likeness (QED) is 0.281. The molecule has 0 saturated heterocycles. The molecule has 1 aromatic carbocycles. The highest BCUT2D eigenvalue weighted by Gasteiger charge is 2.16. The van der Waals surface area contributed by atoms with Gasteiger partial charge >= 0.3 is 5.97 Å². The van der Waals surface area contributed by atoms with E-state index < -0.39 is 12.2 Å². The summed E-state index contributed by atoms with van der Waals surface area (Å²) in [6.45, 7) is 0. The third-order valence-corrected chi connectivity index (χ3v) is 3.43. The molecule has 0 aliphatic heterocycles. The number of nitrogens with zero attached hydrogens (tertiary/aromatic N) is 2. The van der Waals surface area contributed by atoms with Crippen LogP contribution in [0.2, 0.25) is 0 Å². The number of aliphatic imine (C=N–C) groups is 1. The van der Waals surface area contributed by atoms with Gasteiger partial charge in [-0.1, -0.05) is 30.3 Å². The highest BCUT2D eigenvalue weighted by atomic mass is 32.2. The molecule has 4 nitrogen and oxygen atoms in total. The smallest absolute Gasteiger partial charge is 0.351 e. The molecule has 0 fully saturated rings. The fourth-order valence-electron chi connectivity index (χ4n) is 1.31. The van der Waals surface area contributed by atoms with Crippen LogP contribution in [-0.4, -0.2) is 30.6 Å². The summed E-state index contributed by atoms with van der Waals surface area (Å²) in [7, 11) is 1.16. The van der Waals surface area contributed by atoms with E-state index >= 15 is 0 Å². The Morgan fingerprint density at radius 1 is 1.40 bits per heavy atom. The van der Waals surface area contributed by atoms with E-state index in [4.69, 9.17) is 9.37 Å². The van der Waals surface area contributed by atoms with Crippen LogP contribution in [0.25, 0.3) is 0 Å². The van der Waals surface area contributed by atoms with Gasteiger partial charge in [0.1, 0.15) is 16.1 Å². The molecule has 0 unspecified atom stereocenters. The Bertz CT molecular complexity index is 665. The van der Waals surface area contributed by atoms with E-state index in [0.29, 0.717) is 17.3 Å². The van der Waals surface area contributed by atoms with Crippen LogP contribution in [0.4, 0.5) is 0 Å². The molecular formula is C14H14N2O2S2. The lowest BCUT2D eigenvalue weighted by Gasteiger charge is -2.06. The normalized spacial score (nSPS) is 15.2. The van der Waals surface area contributed by atoms with Crippen molar-refractivity contribution in [1.29, 1.82) is 5.26 Å². The summed E-state index contributed by atoms with van der Waals surface area (Å²) in [6, 6.07) is 10.5. The predicted molar refractivity (Wildman–Crippen MR) is 84.7 cm³/mol. The van der Waals surface area contributed by atoms with Gasteiger partial charge in [0, 0.05) is 9.68 Å². The van der Waals surface area contributed by atoms with Gasteiger partial charge in [-0.25, -0.2) is 9.79 Å². The maximum atomic E-state index is 11.6. The number of ether oxygens (including phenoxy) is 1. The summed E-state index contributed by atoms with van der Waals surface area (Å²) in [5, 5.41) is 9.44. The van der Waals surface area contributed by atoms with Gasteiger partial charge in [0.25, 0.3) is 0 Å². The van der Waals surface area contributed by atoms with E-state index in [1.165, 1.54) is 0 Å². The Labute approximate surface area is 131 Å². The molecule has 104 valence electrons. The number of hydrogen-bond acceptors (Lipinski definition) is 6. The Morgan fingerprint density at radius 3 is 2.60 bits per heavy atom. The van der Waals surface area contributed by atoms with Crippen molar-refractivity contribution in [2.75, 3.05) is 19.5 Å². The molecule has 0 aliphatic carbocycles. The molecule has 0 saturated carbocycles. The molecule has 0 N–H and O–H groups in total. The number of esters is 1. The molecule has 6 heteroatoms. The first-order chi connectivity index (χ1) is 10.8. The minimum atomic E-state index is -2.31. The van der Waals surface area contributed by atoms with E-state index in [1.807, 2.05) is 0 Å². The van der Waals surface area contributed by atoms with Crippen LogP contribution in [0.15, 0.2) is 45.9 Å². The van der Waals surface area contributed by atoms with Gasteiger partial charge in [-0.05, 0) is 12.4 Å². The summed E-state index contributed by atoms with van der Waals surface area (Å²) in [6.07, 6.45) is -0.669. The highest BCUT2D eigenvalue weighted by Crippen LogP contribution is 2.23. The van der Waals surface area contributed by atoms with Crippen LogP contribution in [0.1, 0.15) is 9.68 Å². The average Bonchev–Trinajstić information content (AvgIpc) is 2.52. The second-order valence-electron chi connectivity index (χ2n) is 3.37. The Kier molecular flexibility index (Phi) is 5.10. The van der Waals surface area contributed by atoms with Gasteiger partial charge in [0.2, 0.25) is 0 Å². The number of carbonyl (C=O) groups is 1. The largest absolute Gasteiger partial charge is 0.465 e. The van der Waals surface area contributed by atoms with Crippen molar-refractivity contribution in [2.45, 2.75) is 0 Å². The van der Waals surface area contributed by atoms with Gasteiger partial charge < -0.3 is 4.74 Å². The summed E-state index contributed by atoms with van der Waals surface area (Å²) < 4.78 is 26.8. The lowest BCUT2D eigenvalue weighted by atomic mass is 10.2. The van der Waals surface area contributed by atoms with Crippen LogP contribution in [0.3, 0.4) is 0 Å². The predicted octanol–water partition coefficient (Wildman–Crippen LogP) is 3.07. The molecule has 0 aliphatic rings. The molecule has 20 heavy (non-hydrogen) atoms. The van der Waals surface area contributed by atoms with Crippen LogP contribution >= 0.6 is 23.5 Å². The number of methoxy groups -OCH3 is 1. The molecule has 0 aromatic heterocycles. The van der Waals surface area contributed by atoms with Crippen molar-refractivity contribution in [3.63, 3.8) is 0 Å². The Morgan fingerprint density at radius 2 is 2.10 bits per heavy atom. The number of benzene rings is 1. The van der Waals surface area contributed by atoms with Gasteiger partial charge in [-0.15, -0.1) is 23.5 Å². The molecule has 0 spiro atoms. The lowest BCUT2D eigenvalue weighted by molar-refractivity contribution is -0.135. The van der Waals surface area contributed by atoms with E-state index in [0.717, 1.165) is 18.9 Å². The average molecular weight is 312 g/mol. The SMILES string of the molecule is [3H]C([3H])([3H])S/C(=N/C(SC)=C(\C#N)C(=O)OC)c1ccccc1. The minimum absolute atomic E-state index is 0.106. The Balaban J connectivity index is 3.45. The topological polar surface area (TPSA) is 62.5 Å². The zero-order valence-electron chi connectivity index (χ0n) is 13.9. The number of hydrogen-bond donors (Lipinski definition) is 0. The fraction of sp³-hybridized carbons (Fsp3) is 0.214. The number of rotatable bonds is 4. The van der Waals surface area contributed by atoms with Crippen LogP contribution in [0.5, 0.6) is 0 Å². The first-order valence-corrected chi connectivity index (χ1v) is 7.46. The monoisotopic (exact) mass is 312 g/mol. The van der Waals surface area contributed by atoms with Crippen LogP contribution in [0, 0.1) is 11.3 Å². The molecule has 1 aromatic rings. The van der Waals surface area contributed by atoms with Crippen molar-refractivity contribution in [3.8, 4) is 6.07 Å². The van der Waals surface area contributed by atoms with Crippen molar-refractivity contribution in [3.05, 3.63) is 46.5 Å². The molecule has 0 atom stereocenters. The third-order valence-electron chi connectivity index (χ3n) is 2.23. The number of thioether (sulfide) groups is 2. The number of nitriles is 1. The lowest BCUT2D eigenvalue weighted by Crippen LogP contribution is -2.06. The van der Waals surface area contributed by atoms with Gasteiger partial charge in [0.15, 0.2) is 5.57 Å². The fourth-order valence-corrected chi connectivity index (χ4v) is 2.27. The second kappa shape index (κ2) is 8.46. The minimum Gasteiger partial charge on any atom is -0.465 e. The van der Waals surface area contributed by atoms with Crippen molar-refractivity contribution < 1.29 is 13.6 Å². The third kappa shape index (κ3) is 4.15. The van der Waals surface area contributed by atoms with Crippen LogP contribution in [-0.2, 0) is 9.53 Å². The zero-order valence-corrected chi connectivity index (χ0v) is 12.5. The first kappa shape index (κ1) is 12.1. The van der Waals surface area contributed by atoms with Gasteiger partial charge in [-0.3, -0.25) is 0 Å². The van der Waals surface area contributed by atoms with Crippen molar-refractivity contribution in [2.24, 2.45) is 4.99 Å². The zero-order chi connectivity index (χ0) is 17.5. The molecule has 0 heterocycles. The Hall–Kier alpha value is -1.71. The molecule has 0 bridgehead atoms. The maximum absolute atomic E-state index is 11.6.